The Bertz CT molecular complexity index is 983. The summed E-state index contributed by atoms with van der Waals surface area (Å²) in [6, 6.07) is 22.0. The molecule has 0 spiro atoms. The van der Waals surface area contributed by atoms with E-state index >= 15 is 0 Å². The Morgan fingerprint density at radius 2 is 1.40 bits per heavy atom. The van der Waals surface area contributed by atoms with E-state index in [9.17, 15) is 5.11 Å². The number of hydrogen-bond acceptors (Lipinski definition) is 1. The van der Waals surface area contributed by atoms with Crippen LogP contribution in [-0.4, -0.2) is 5.11 Å². The van der Waals surface area contributed by atoms with Gasteiger partial charge >= 0.3 is 0 Å². The quantitative estimate of drug-likeness (QED) is 0.448. The molecule has 156 valence electrons. The van der Waals surface area contributed by atoms with Gasteiger partial charge in [0.2, 0.25) is 0 Å². The third kappa shape index (κ3) is 4.87. The van der Waals surface area contributed by atoms with E-state index in [1.54, 1.807) is 0 Å². The molecule has 1 atom stereocenters. The molecule has 1 nitrogen and oxygen atoms in total. The zero-order valence-electron chi connectivity index (χ0n) is 18.2. The molecular weight excluding hydrogens is 432 g/mol. The number of aliphatic hydroxyl groups is 1. The Kier molecular flexibility index (Phi) is 6.18. The van der Waals surface area contributed by atoms with Crippen LogP contribution in [0.3, 0.4) is 0 Å². The van der Waals surface area contributed by atoms with Crippen molar-refractivity contribution in [3.63, 3.8) is 0 Å². The van der Waals surface area contributed by atoms with Crippen molar-refractivity contribution in [2.75, 3.05) is 0 Å². The van der Waals surface area contributed by atoms with Gasteiger partial charge in [0, 0.05) is 10.9 Å². The Morgan fingerprint density at radius 3 is 1.93 bits per heavy atom. The van der Waals surface area contributed by atoms with Gasteiger partial charge in [-0.3, -0.25) is 0 Å². The first-order chi connectivity index (χ1) is 14.3. The lowest BCUT2D eigenvalue weighted by Crippen LogP contribution is -2.17. The van der Waals surface area contributed by atoms with Gasteiger partial charge in [-0.25, -0.2) is 0 Å². The van der Waals surface area contributed by atoms with Crippen LogP contribution in [0.1, 0.15) is 65.8 Å². The summed E-state index contributed by atoms with van der Waals surface area (Å²) in [5.41, 5.74) is 9.21. The molecule has 0 aliphatic heterocycles. The molecule has 3 aromatic rings. The van der Waals surface area contributed by atoms with E-state index in [4.69, 9.17) is 0 Å². The third-order valence-corrected chi connectivity index (χ3v) is 6.78. The molecule has 1 unspecified atom stereocenters. The first-order valence-corrected chi connectivity index (χ1v) is 11.8. The predicted molar refractivity (Wildman–Crippen MR) is 129 cm³/mol. The second-order valence-corrected chi connectivity index (χ2v) is 10.5. The van der Waals surface area contributed by atoms with Crippen LogP contribution in [-0.2, 0) is 37.5 Å². The van der Waals surface area contributed by atoms with Gasteiger partial charge in [-0.2, -0.15) is 0 Å². The van der Waals surface area contributed by atoms with Crippen molar-refractivity contribution in [2.45, 2.75) is 64.4 Å². The fourth-order valence-corrected chi connectivity index (χ4v) is 4.76. The third-order valence-electron chi connectivity index (χ3n) is 6.25. The minimum absolute atomic E-state index is 0.0944. The van der Waals surface area contributed by atoms with E-state index < -0.39 is 6.10 Å². The van der Waals surface area contributed by atoms with Crippen LogP contribution in [0.4, 0.5) is 0 Å². The van der Waals surface area contributed by atoms with E-state index in [0.717, 1.165) is 35.7 Å². The molecule has 0 saturated carbocycles. The molecule has 4 bridgehead atoms. The van der Waals surface area contributed by atoms with Gasteiger partial charge in [0.1, 0.15) is 0 Å². The van der Waals surface area contributed by atoms with Crippen molar-refractivity contribution in [1.82, 2.24) is 0 Å². The average molecular weight is 463 g/mol. The molecule has 2 heteroatoms. The number of fused-ring (bicyclic) bond motifs is 4. The zero-order valence-corrected chi connectivity index (χ0v) is 19.8. The monoisotopic (exact) mass is 462 g/mol. The lowest BCUT2D eigenvalue weighted by Gasteiger charge is -2.27. The van der Waals surface area contributed by atoms with Crippen LogP contribution >= 0.6 is 15.9 Å². The second kappa shape index (κ2) is 8.69. The molecule has 0 amide bonds. The molecule has 0 radical (unpaired) electrons. The summed E-state index contributed by atoms with van der Waals surface area (Å²) in [4.78, 5) is 0. The topological polar surface area (TPSA) is 20.2 Å². The Morgan fingerprint density at radius 1 is 0.833 bits per heavy atom. The number of hydrogen-bond donors (Lipinski definition) is 1. The summed E-state index contributed by atoms with van der Waals surface area (Å²) in [5, 5.41) is 11.4. The fraction of sp³-hybridized carbons (Fsp3) is 0.357. The van der Waals surface area contributed by atoms with Crippen molar-refractivity contribution in [1.29, 1.82) is 0 Å². The number of aliphatic hydroxyl groups excluding tert-OH is 1. The molecule has 30 heavy (non-hydrogen) atoms. The van der Waals surface area contributed by atoms with E-state index in [2.05, 4.69) is 97.4 Å². The van der Waals surface area contributed by atoms with Crippen molar-refractivity contribution >= 4 is 15.9 Å². The van der Waals surface area contributed by atoms with Gasteiger partial charge in [0.25, 0.3) is 0 Å². The summed E-state index contributed by atoms with van der Waals surface area (Å²) in [7, 11) is 0. The predicted octanol–water partition coefficient (Wildman–Crippen LogP) is 6.91. The lowest BCUT2D eigenvalue weighted by atomic mass is 9.79. The van der Waals surface area contributed by atoms with Crippen LogP contribution < -0.4 is 0 Å². The summed E-state index contributed by atoms with van der Waals surface area (Å²) < 4.78 is 1.07. The molecule has 0 fully saturated rings. The van der Waals surface area contributed by atoms with Crippen LogP contribution in [0.25, 0.3) is 0 Å². The lowest BCUT2D eigenvalue weighted by molar-refractivity contribution is 0.176. The number of benzene rings is 3. The molecule has 0 heterocycles. The van der Waals surface area contributed by atoms with E-state index in [0.29, 0.717) is 6.42 Å². The normalized spacial score (nSPS) is 15.0. The first-order valence-electron chi connectivity index (χ1n) is 11.0. The maximum Gasteiger partial charge on any atom is 0.0835 e. The van der Waals surface area contributed by atoms with Crippen LogP contribution in [0.5, 0.6) is 0 Å². The maximum atomic E-state index is 11.4. The van der Waals surface area contributed by atoms with Gasteiger partial charge < -0.3 is 5.11 Å². The number of aryl methyl sites for hydroxylation is 4. The zero-order chi connectivity index (χ0) is 21.3. The largest absolute Gasteiger partial charge is 0.388 e. The summed E-state index contributed by atoms with van der Waals surface area (Å²) in [6.45, 7) is 6.84. The van der Waals surface area contributed by atoms with Gasteiger partial charge in [-0.15, -0.1) is 0 Å². The Hall–Kier alpha value is -1.90. The van der Waals surface area contributed by atoms with Crippen molar-refractivity contribution in [2.24, 2.45) is 0 Å². The van der Waals surface area contributed by atoms with Crippen molar-refractivity contribution in [3.8, 4) is 0 Å². The SMILES string of the molecule is CC(C)(C)c1cc2c(C(O)Cc3ccc(Br)cc3)c(c1)CCc1cccc(c1)CC2. The van der Waals surface area contributed by atoms with E-state index in [-0.39, 0.29) is 5.41 Å². The average Bonchev–Trinajstić information content (AvgIpc) is 2.71. The summed E-state index contributed by atoms with van der Waals surface area (Å²) >= 11 is 3.51. The Labute approximate surface area is 189 Å². The standard InChI is InChI=1S/C28H31BrO/c1-28(2,3)24-17-22-11-7-19-5-4-6-20(15-19)8-12-23(18-24)27(22)26(30)16-21-9-13-25(29)14-10-21/h4-6,9-10,13-15,17-18,26,30H,7-8,11-12,16H2,1-3H3. The Balaban J connectivity index is 1.76. The van der Waals surface area contributed by atoms with Crippen LogP contribution in [0.15, 0.2) is 65.1 Å². The molecule has 0 saturated heterocycles. The molecule has 4 rings (SSSR count). The summed E-state index contributed by atoms with van der Waals surface area (Å²) in [5.74, 6) is 0. The first kappa shape index (κ1) is 21.3. The minimum Gasteiger partial charge on any atom is -0.388 e. The van der Waals surface area contributed by atoms with Gasteiger partial charge in [0.15, 0.2) is 0 Å². The van der Waals surface area contributed by atoms with Crippen molar-refractivity contribution in [3.05, 3.63) is 104 Å². The highest BCUT2D eigenvalue weighted by Crippen LogP contribution is 2.34. The maximum absolute atomic E-state index is 11.4. The van der Waals surface area contributed by atoms with Crippen LogP contribution in [0.2, 0.25) is 0 Å². The minimum atomic E-state index is -0.483. The smallest absolute Gasteiger partial charge is 0.0835 e. The molecule has 1 aliphatic rings. The molecule has 1 N–H and O–H groups in total. The highest BCUT2D eigenvalue weighted by atomic mass is 79.9. The molecule has 3 aromatic carbocycles. The molecule has 1 aliphatic carbocycles. The highest BCUT2D eigenvalue weighted by molar-refractivity contribution is 9.10. The number of halogens is 1. The summed E-state index contributed by atoms with van der Waals surface area (Å²) in [6.07, 6.45) is 4.12. The van der Waals surface area contributed by atoms with E-state index in [1.165, 1.54) is 33.4 Å². The molecular formula is C28H31BrO. The van der Waals surface area contributed by atoms with Gasteiger partial charge in [0.05, 0.1) is 6.10 Å². The van der Waals surface area contributed by atoms with Crippen molar-refractivity contribution < 1.29 is 5.11 Å². The van der Waals surface area contributed by atoms with Gasteiger partial charge in [-0.05, 0) is 82.2 Å². The van der Waals surface area contributed by atoms with Gasteiger partial charge in [-0.1, -0.05) is 85.2 Å². The molecule has 0 aromatic heterocycles. The fourth-order valence-electron chi connectivity index (χ4n) is 4.50. The number of rotatable bonds is 3. The highest BCUT2D eigenvalue weighted by Gasteiger charge is 2.23. The second-order valence-electron chi connectivity index (χ2n) is 9.62. The van der Waals surface area contributed by atoms with E-state index in [1.807, 2.05) is 0 Å². The van der Waals surface area contributed by atoms with Crippen LogP contribution in [0, 0.1) is 0 Å².